The number of benzene rings is 1. The number of carbonyl (C=O) groups excluding carboxylic acids is 1. The number of carbonyl (C=O) groups is 2. The number of aliphatic hydroxyl groups is 1. The third-order valence-electron chi connectivity index (χ3n) is 2.69. The van der Waals surface area contributed by atoms with Crippen LogP contribution >= 0.6 is 0 Å². The molecule has 0 amide bonds. The van der Waals surface area contributed by atoms with Gasteiger partial charge in [0.25, 0.3) is 0 Å². The molecule has 0 aliphatic carbocycles. The molecule has 1 aromatic rings. The van der Waals surface area contributed by atoms with Crippen LogP contribution in [0.2, 0.25) is 0 Å². The molecule has 2 N–H and O–H groups in total. The molecule has 104 valence electrons. The van der Waals surface area contributed by atoms with E-state index in [4.69, 9.17) is 9.84 Å². The van der Waals surface area contributed by atoms with Crippen LogP contribution in [0, 0.1) is 0 Å². The van der Waals surface area contributed by atoms with Crippen LogP contribution in [-0.2, 0) is 20.7 Å². The van der Waals surface area contributed by atoms with Crippen LogP contribution in [0.5, 0.6) is 5.75 Å². The van der Waals surface area contributed by atoms with Crippen LogP contribution in [0.25, 0.3) is 0 Å². The quantitative estimate of drug-likeness (QED) is 0.745. The number of carboxylic acid groups (broad SMARTS) is 1. The molecule has 0 aromatic heterocycles. The van der Waals surface area contributed by atoms with E-state index in [-0.39, 0.29) is 18.0 Å². The number of methoxy groups -OCH3 is 2. The highest BCUT2D eigenvalue weighted by Crippen LogP contribution is 2.25. The molecule has 0 saturated heterocycles. The summed E-state index contributed by atoms with van der Waals surface area (Å²) >= 11 is 0. The Hall–Kier alpha value is -2.08. The first-order valence-electron chi connectivity index (χ1n) is 5.64. The number of aryl methyl sites for hydroxylation is 1. The van der Waals surface area contributed by atoms with E-state index in [9.17, 15) is 14.7 Å². The fraction of sp³-hybridized carbons (Fsp3) is 0.385. The van der Waals surface area contributed by atoms with E-state index >= 15 is 0 Å². The molecule has 0 saturated carbocycles. The number of hydrogen-bond acceptors (Lipinski definition) is 5. The summed E-state index contributed by atoms with van der Waals surface area (Å²) in [5.74, 6) is -1.23. The fourth-order valence-electron chi connectivity index (χ4n) is 1.62. The Morgan fingerprint density at radius 1 is 1.32 bits per heavy atom. The Labute approximate surface area is 110 Å². The van der Waals surface area contributed by atoms with E-state index in [0.29, 0.717) is 12.2 Å². The summed E-state index contributed by atoms with van der Waals surface area (Å²) in [6.07, 6.45) is -0.976. The molecule has 0 bridgehead atoms. The van der Waals surface area contributed by atoms with Gasteiger partial charge < -0.3 is 19.7 Å². The van der Waals surface area contributed by atoms with Crippen molar-refractivity contribution in [2.75, 3.05) is 14.2 Å². The minimum absolute atomic E-state index is 0.202. The van der Waals surface area contributed by atoms with E-state index in [0.717, 1.165) is 5.56 Å². The smallest absolute Gasteiger partial charge is 0.337 e. The van der Waals surface area contributed by atoms with Crippen LogP contribution < -0.4 is 4.74 Å². The van der Waals surface area contributed by atoms with E-state index in [2.05, 4.69) is 4.74 Å². The second kappa shape index (κ2) is 6.75. The molecule has 1 unspecified atom stereocenters. The van der Waals surface area contributed by atoms with Gasteiger partial charge in [-0.05, 0) is 23.6 Å². The zero-order valence-electron chi connectivity index (χ0n) is 10.8. The summed E-state index contributed by atoms with van der Waals surface area (Å²) in [5.41, 5.74) is 0.973. The molecule has 0 radical (unpaired) electrons. The highest BCUT2D eigenvalue weighted by Gasteiger charge is 2.17. The van der Waals surface area contributed by atoms with Crippen LogP contribution in [0.1, 0.15) is 23.7 Å². The average molecular weight is 268 g/mol. The molecule has 1 aromatic carbocycles. The van der Waals surface area contributed by atoms with Crippen molar-refractivity contribution in [3.05, 3.63) is 29.3 Å². The molecule has 6 nitrogen and oxygen atoms in total. The number of aliphatic hydroxyl groups excluding tert-OH is 1. The van der Waals surface area contributed by atoms with Crippen LogP contribution in [0.3, 0.4) is 0 Å². The predicted octanol–water partition coefficient (Wildman–Crippen LogP) is 0.919. The second-order valence-corrected chi connectivity index (χ2v) is 3.89. The predicted molar refractivity (Wildman–Crippen MR) is 65.9 cm³/mol. The van der Waals surface area contributed by atoms with Gasteiger partial charge in [-0.2, -0.15) is 0 Å². The Morgan fingerprint density at radius 2 is 2.00 bits per heavy atom. The van der Waals surface area contributed by atoms with Crippen LogP contribution in [0.4, 0.5) is 0 Å². The Kier molecular flexibility index (Phi) is 5.32. The van der Waals surface area contributed by atoms with Crippen molar-refractivity contribution >= 4 is 11.9 Å². The third kappa shape index (κ3) is 3.96. The molecule has 1 rings (SSSR count). The van der Waals surface area contributed by atoms with Crippen molar-refractivity contribution in [1.29, 1.82) is 0 Å². The molecule has 0 aliphatic heterocycles. The lowest BCUT2D eigenvalue weighted by atomic mass is 10.0. The zero-order valence-corrected chi connectivity index (χ0v) is 10.8. The van der Waals surface area contributed by atoms with Gasteiger partial charge in [0.1, 0.15) is 5.75 Å². The summed E-state index contributed by atoms with van der Waals surface area (Å²) in [4.78, 5) is 21.8. The van der Waals surface area contributed by atoms with Crippen molar-refractivity contribution in [2.24, 2.45) is 0 Å². The highest BCUT2D eigenvalue weighted by molar-refractivity contribution is 5.74. The number of ether oxygens (including phenoxy) is 2. The summed E-state index contributed by atoms with van der Waals surface area (Å²) in [6.45, 7) is 0. The van der Waals surface area contributed by atoms with E-state index in [1.54, 1.807) is 6.07 Å². The molecular formula is C13H16O6. The standard InChI is InChI=1S/C13H16O6/c1-18-10-7-9(12(15)13(16)17)4-3-8(10)5-6-11(14)19-2/h3-4,7,12,15H,5-6H2,1-2H3,(H,16,17). The first-order valence-corrected chi connectivity index (χ1v) is 5.64. The third-order valence-corrected chi connectivity index (χ3v) is 2.69. The van der Waals surface area contributed by atoms with Gasteiger partial charge in [-0.1, -0.05) is 12.1 Å². The number of rotatable bonds is 6. The summed E-state index contributed by atoms with van der Waals surface area (Å²) in [6, 6.07) is 4.57. The molecule has 1 atom stereocenters. The van der Waals surface area contributed by atoms with Crippen molar-refractivity contribution < 1.29 is 29.3 Å². The lowest BCUT2D eigenvalue weighted by molar-refractivity contribution is -0.147. The van der Waals surface area contributed by atoms with Crippen molar-refractivity contribution in [2.45, 2.75) is 18.9 Å². The minimum Gasteiger partial charge on any atom is -0.496 e. The molecule has 0 aliphatic rings. The largest absolute Gasteiger partial charge is 0.496 e. The zero-order chi connectivity index (χ0) is 14.4. The lowest BCUT2D eigenvalue weighted by Gasteiger charge is -2.12. The summed E-state index contributed by atoms with van der Waals surface area (Å²) in [7, 11) is 2.75. The molecule has 0 spiro atoms. The molecular weight excluding hydrogens is 252 g/mol. The van der Waals surface area contributed by atoms with Gasteiger partial charge in [0.2, 0.25) is 0 Å². The molecule has 19 heavy (non-hydrogen) atoms. The normalized spacial score (nSPS) is 11.7. The lowest BCUT2D eigenvalue weighted by Crippen LogP contribution is -2.11. The topological polar surface area (TPSA) is 93.1 Å². The molecule has 6 heteroatoms. The van der Waals surface area contributed by atoms with Gasteiger partial charge in [0, 0.05) is 6.42 Å². The maximum absolute atomic E-state index is 11.1. The van der Waals surface area contributed by atoms with Crippen molar-refractivity contribution in [1.82, 2.24) is 0 Å². The Morgan fingerprint density at radius 3 is 2.53 bits per heavy atom. The van der Waals surface area contributed by atoms with Gasteiger partial charge >= 0.3 is 11.9 Å². The van der Waals surface area contributed by atoms with Crippen molar-refractivity contribution in [3.63, 3.8) is 0 Å². The first kappa shape index (κ1) is 15.0. The minimum atomic E-state index is -1.59. The first-order chi connectivity index (χ1) is 8.99. The molecule has 0 heterocycles. The molecule has 0 fully saturated rings. The number of carboxylic acids is 1. The fourth-order valence-corrected chi connectivity index (χ4v) is 1.62. The number of aliphatic carboxylic acids is 1. The van der Waals surface area contributed by atoms with Crippen LogP contribution in [-0.4, -0.2) is 36.4 Å². The van der Waals surface area contributed by atoms with Crippen LogP contribution in [0.15, 0.2) is 18.2 Å². The van der Waals surface area contributed by atoms with E-state index in [1.165, 1.54) is 26.4 Å². The Bertz CT molecular complexity index is 468. The van der Waals surface area contributed by atoms with E-state index in [1.807, 2.05) is 0 Å². The van der Waals surface area contributed by atoms with Crippen molar-refractivity contribution in [3.8, 4) is 5.75 Å². The second-order valence-electron chi connectivity index (χ2n) is 3.89. The highest BCUT2D eigenvalue weighted by atomic mass is 16.5. The van der Waals surface area contributed by atoms with Gasteiger partial charge in [-0.3, -0.25) is 4.79 Å². The number of esters is 1. The summed E-state index contributed by atoms with van der Waals surface area (Å²) < 4.78 is 9.67. The monoisotopic (exact) mass is 268 g/mol. The Balaban J connectivity index is 2.90. The van der Waals surface area contributed by atoms with Gasteiger partial charge in [0.15, 0.2) is 6.10 Å². The summed E-state index contributed by atoms with van der Waals surface area (Å²) in [5, 5.41) is 18.2. The van der Waals surface area contributed by atoms with Gasteiger partial charge in [0.05, 0.1) is 14.2 Å². The number of hydrogen-bond donors (Lipinski definition) is 2. The maximum Gasteiger partial charge on any atom is 0.337 e. The van der Waals surface area contributed by atoms with Gasteiger partial charge in [-0.15, -0.1) is 0 Å². The van der Waals surface area contributed by atoms with E-state index < -0.39 is 12.1 Å². The maximum atomic E-state index is 11.1. The SMILES string of the molecule is COC(=O)CCc1ccc(C(O)C(=O)O)cc1OC. The van der Waals surface area contributed by atoms with Gasteiger partial charge in [-0.25, -0.2) is 4.79 Å². The average Bonchev–Trinajstić information content (AvgIpc) is 2.43.